The monoisotopic (exact) mass is 636 g/mol. The third-order valence-electron chi connectivity index (χ3n) is 8.44. The number of hydrogen-bond acceptors (Lipinski definition) is 2. The number of nitrogens with zero attached hydrogens (tertiary/aromatic N) is 2. The van der Waals surface area contributed by atoms with Crippen LogP contribution in [0.4, 0.5) is 0 Å². The molecule has 1 aromatic rings. The molecule has 0 amide bonds. The lowest BCUT2D eigenvalue weighted by molar-refractivity contribution is -0.923. The van der Waals surface area contributed by atoms with Gasteiger partial charge in [0.1, 0.15) is 11.5 Å². The van der Waals surface area contributed by atoms with Gasteiger partial charge in [0, 0.05) is 0 Å². The van der Waals surface area contributed by atoms with E-state index < -0.39 is 0 Å². The lowest BCUT2D eigenvalue weighted by Crippen LogP contribution is -3.00. The van der Waals surface area contributed by atoms with Crippen molar-refractivity contribution in [3.8, 4) is 11.5 Å². The van der Waals surface area contributed by atoms with E-state index in [9.17, 15) is 0 Å². The zero-order valence-electron chi connectivity index (χ0n) is 24.5. The minimum Gasteiger partial charge on any atom is -1.00 e. The van der Waals surface area contributed by atoms with Crippen molar-refractivity contribution in [1.82, 2.24) is 0 Å². The summed E-state index contributed by atoms with van der Waals surface area (Å²) in [6.45, 7) is 25.8. The molecule has 0 heterocycles. The molecular formula is C30H58Br2N2O2. The average Bonchev–Trinajstić information content (AvgIpc) is 2.89. The van der Waals surface area contributed by atoms with Crippen LogP contribution in [0, 0.1) is 0 Å². The van der Waals surface area contributed by atoms with Gasteiger partial charge in [-0.3, -0.25) is 0 Å². The summed E-state index contributed by atoms with van der Waals surface area (Å²) in [7, 11) is 0. The molecule has 4 nitrogen and oxygen atoms in total. The lowest BCUT2D eigenvalue weighted by atomic mass is 10.1. The summed E-state index contributed by atoms with van der Waals surface area (Å²) in [5, 5.41) is 0. The zero-order valence-corrected chi connectivity index (χ0v) is 27.7. The predicted molar refractivity (Wildman–Crippen MR) is 148 cm³/mol. The second-order valence-corrected chi connectivity index (χ2v) is 10.0. The van der Waals surface area contributed by atoms with Crippen molar-refractivity contribution in [3.63, 3.8) is 0 Å². The van der Waals surface area contributed by atoms with Crippen LogP contribution in [0.5, 0.6) is 11.5 Å². The Morgan fingerprint density at radius 2 is 0.722 bits per heavy atom. The van der Waals surface area contributed by atoms with E-state index in [0.29, 0.717) is 0 Å². The molecule has 6 heteroatoms. The normalized spacial score (nSPS) is 11.5. The topological polar surface area (TPSA) is 18.5 Å². The molecule has 0 bridgehead atoms. The molecule has 0 spiro atoms. The zero-order chi connectivity index (χ0) is 25.1. The molecule has 214 valence electrons. The Balaban J connectivity index is 0. The Kier molecular flexibility index (Phi) is 23.8. The summed E-state index contributed by atoms with van der Waals surface area (Å²) in [6, 6.07) is 8.18. The Hall–Kier alpha value is -0.300. The Bertz CT molecular complexity index is 536. The second kappa shape index (κ2) is 22.7. The number of rotatable bonds is 22. The van der Waals surface area contributed by atoms with Gasteiger partial charge in [0.15, 0.2) is 0 Å². The van der Waals surface area contributed by atoms with Crippen molar-refractivity contribution in [3.05, 3.63) is 24.3 Å². The van der Waals surface area contributed by atoms with Gasteiger partial charge in [-0.25, -0.2) is 0 Å². The van der Waals surface area contributed by atoms with Crippen molar-refractivity contribution >= 4 is 0 Å². The van der Waals surface area contributed by atoms with Crippen LogP contribution in [0.25, 0.3) is 0 Å². The van der Waals surface area contributed by atoms with Crippen LogP contribution in [-0.2, 0) is 0 Å². The van der Waals surface area contributed by atoms with Crippen molar-refractivity contribution in [1.29, 1.82) is 0 Å². The van der Waals surface area contributed by atoms with Crippen LogP contribution in [0.3, 0.4) is 0 Å². The Morgan fingerprint density at radius 3 is 1.00 bits per heavy atom. The smallest absolute Gasteiger partial charge is 0.119 e. The first-order valence-corrected chi connectivity index (χ1v) is 14.6. The number of halogens is 2. The highest BCUT2D eigenvalue weighted by Gasteiger charge is 2.20. The molecule has 0 aliphatic carbocycles. The SMILES string of the molecule is CC[N+](CC)(CC)CCCCCCOc1ccc(OCCCCCC[N+](CC)(CC)CC)cc1.[Br-].[Br-]. The van der Waals surface area contributed by atoms with Gasteiger partial charge in [0.25, 0.3) is 0 Å². The van der Waals surface area contributed by atoms with E-state index in [1.54, 1.807) is 0 Å². The number of unbranched alkanes of at least 4 members (excludes halogenated alkanes) is 6. The number of ether oxygens (including phenoxy) is 2. The van der Waals surface area contributed by atoms with Gasteiger partial charge in [-0.15, -0.1) is 0 Å². The summed E-state index contributed by atoms with van der Waals surface area (Å²) in [5.41, 5.74) is 0. The van der Waals surface area contributed by atoms with E-state index in [0.717, 1.165) is 37.6 Å². The van der Waals surface area contributed by atoms with Crippen LogP contribution in [0.15, 0.2) is 24.3 Å². The molecule has 0 aromatic heterocycles. The van der Waals surface area contributed by atoms with Crippen LogP contribution >= 0.6 is 0 Å². The highest BCUT2D eigenvalue weighted by molar-refractivity contribution is 5.31. The maximum Gasteiger partial charge on any atom is 0.119 e. The van der Waals surface area contributed by atoms with E-state index in [1.807, 2.05) is 24.3 Å². The Morgan fingerprint density at radius 1 is 0.444 bits per heavy atom. The third-order valence-corrected chi connectivity index (χ3v) is 8.44. The average molecular weight is 639 g/mol. The molecule has 0 aliphatic rings. The van der Waals surface area contributed by atoms with Crippen LogP contribution in [0.2, 0.25) is 0 Å². The van der Waals surface area contributed by atoms with Crippen LogP contribution in [0.1, 0.15) is 92.9 Å². The Labute approximate surface area is 245 Å². The molecule has 36 heavy (non-hydrogen) atoms. The maximum absolute atomic E-state index is 5.94. The number of hydrogen-bond donors (Lipinski definition) is 0. The largest absolute Gasteiger partial charge is 1.00 e. The van der Waals surface area contributed by atoms with E-state index in [1.165, 1.54) is 99.8 Å². The summed E-state index contributed by atoms with van der Waals surface area (Å²) in [4.78, 5) is 0. The summed E-state index contributed by atoms with van der Waals surface area (Å²) in [6.07, 6.45) is 10.1. The highest BCUT2D eigenvalue weighted by Crippen LogP contribution is 2.19. The summed E-state index contributed by atoms with van der Waals surface area (Å²) < 4.78 is 14.4. The first-order valence-electron chi connectivity index (χ1n) is 14.6. The molecule has 0 saturated heterocycles. The van der Waals surface area contributed by atoms with E-state index in [-0.39, 0.29) is 34.0 Å². The first-order chi connectivity index (χ1) is 16.5. The van der Waals surface area contributed by atoms with Gasteiger partial charge in [-0.2, -0.15) is 0 Å². The molecule has 0 aliphatic heterocycles. The fourth-order valence-electron chi connectivity index (χ4n) is 5.11. The van der Waals surface area contributed by atoms with Gasteiger partial charge in [-0.05, 0) is 117 Å². The van der Waals surface area contributed by atoms with E-state index in [2.05, 4.69) is 41.5 Å². The predicted octanol–water partition coefficient (Wildman–Crippen LogP) is 1.33. The van der Waals surface area contributed by atoms with Crippen molar-refractivity contribution in [2.24, 2.45) is 0 Å². The minimum atomic E-state index is 0. The van der Waals surface area contributed by atoms with Crippen molar-refractivity contribution in [2.75, 3.05) is 65.6 Å². The standard InChI is InChI=1S/C30H58N2O2.2BrH/c1-7-31(8-2,9-3)25-17-13-15-19-27-33-29-21-23-30(24-22-29)34-28-20-16-14-18-26-32(10-4,11-5)12-6;;/h21-24H,7-20,25-28H2,1-6H3;2*1H/q+2;;/p-2. The first kappa shape index (κ1) is 37.9. The molecule has 0 radical (unpaired) electrons. The van der Waals surface area contributed by atoms with Gasteiger partial charge >= 0.3 is 0 Å². The van der Waals surface area contributed by atoms with E-state index >= 15 is 0 Å². The molecular weight excluding hydrogens is 580 g/mol. The number of benzene rings is 1. The summed E-state index contributed by atoms with van der Waals surface area (Å²) >= 11 is 0. The van der Waals surface area contributed by atoms with Crippen molar-refractivity contribution in [2.45, 2.75) is 92.9 Å². The summed E-state index contributed by atoms with van der Waals surface area (Å²) in [5.74, 6) is 1.91. The van der Waals surface area contributed by atoms with Gasteiger partial charge in [-0.1, -0.05) is 0 Å². The molecule has 1 aromatic carbocycles. The van der Waals surface area contributed by atoms with Crippen molar-refractivity contribution < 1.29 is 52.4 Å². The second-order valence-electron chi connectivity index (χ2n) is 10.0. The van der Waals surface area contributed by atoms with Crippen LogP contribution < -0.4 is 43.4 Å². The molecule has 1 rings (SSSR count). The number of quaternary nitrogens is 2. The molecule has 0 N–H and O–H groups in total. The van der Waals surface area contributed by atoms with Gasteiger partial charge in [0.2, 0.25) is 0 Å². The third kappa shape index (κ3) is 14.6. The molecule has 0 fully saturated rings. The fraction of sp³-hybridized carbons (Fsp3) is 0.800. The lowest BCUT2D eigenvalue weighted by Gasteiger charge is -2.35. The highest BCUT2D eigenvalue weighted by atomic mass is 79.9. The maximum atomic E-state index is 5.94. The minimum absolute atomic E-state index is 0. The quantitative estimate of drug-likeness (QED) is 0.141. The molecule has 0 unspecified atom stereocenters. The van der Waals surface area contributed by atoms with E-state index in [4.69, 9.17) is 9.47 Å². The van der Waals surface area contributed by atoms with Crippen LogP contribution in [-0.4, -0.2) is 74.5 Å². The van der Waals surface area contributed by atoms with Gasteiger partial charge < -0.3 is 52.4 Å². The van der Waals surface area contributed by atoms with Gasteiger partial charge in [0.05, 0.1) is 65.6 Å². The molecule has 0 saturated carbocycles. The fourth-order valence-corrected chi connectivity index (χ4v) is 5.11. The molecule has 0 atom stereocenters.